The smallest absolute Gasteiger partial charge is 0.227 e. The molecule has 1 aromatic carbocycles. The standard InChI is InChI=1S/C18H27N3O/c1-18(9-10-19-13-18)14-21-11-7-15(8-12-21)17(22)20-16-5-3-2-4-6-16/h2-6,15,19H,7-14H2,1H3,(H,20,22). The Hall–Kier alpha value is -1.39. The van der Waals surface area contributed by atoms with E-state index in [1.165, 1.54) is 6.42 Å². The molecular formula is C18H27N3O. The van der Waals surface area contributed by atoms with Crippen LogP contribution >= 0.6 is 0 Å². The van der Waals surface area contributed by atoms with E-state index in [9.17, 15) is 4.79 Å². The van der Waals surface area contributed by atoms with Gasteiger partial charge in [0.05, 0.1) is 0 Å². The number of nitrogens with zero attached hydrogens (tertiary/aromatic N) is 1. The van der Waals surface area contributed by atoms with Crippen LogP contribution in [0.2, 0.25) is 0 Å². The highest BCUT2D eigenvalue weighted by atomic mass is 16.1. The fraction of sp³-hybridized carbons (Fsp3) is 0.611. The van der Waals surface area contributed by atoms with Crippen molar-refractivity contribution in [1.29, 1.82) is 0 Å². The molecule has 2 heterocycles. The van der Waals surface area contributed by atoms with Gasteiger partial charge in [0.25, 0.3) is 0 Å². The van der Waals surface area contributed by atoms with E-state index >= 15 is 0 Å². The third-order valence-corrected chi connectivity index (χ3v) is 5.06. The largest absolute Gasteiger partial charge is 0.326 e. The van der Waals surface area contributed by atoms with Crippen LogP contribution in [0.3, 0.4) is 0 Å². The minimum Gasteiger partial charge on any atom is -0.326 e. The maximum absolute atomic E-state index is 12.3. The Balaban J connectivity index is 1.46. The van der Waals surface area contributed by atoms with Gasteiger partial charge in [0.15, 0.2) is 0 Å². The number of carbonyl (C=O) groups is 1. The summed E-state index contributed by atoms with van der Waals surface area (Å²) in [4.78, 5) is 14.9. The van der Waals surface area contributed by atoms with Gasteiger partial charge < -0.3 is 15.5 Å². The summed E-state index contributed by atoms with van der Waals surface area (Å²) in [5.41, 5.74) is 1.32. The fourth-order valence-corrected chi connectivity index (χ4v) is 3.66. The van der Waals surface area contributed by atoms with E-state index in [4.69, 9.17) is 0 Å². The minimum atomic E-state index is 0.158. The molecule has 3 rings (SSSR count). The molecule has 0 spiro atoms. The second-order valence-corrected chi connectivity index (χ2v) is 7.14. The van der Waals surface area contributed by atoms with Crippen LogP contribution in [0, 0.1) is 11.3 Å². The lowest BCUT2D eigenvalue weighted by molar-refractivity contribution is -0.121. The summed E-state index contributed by atoms with van der Waals surface area (Å²) < 4.78 is 0. The second kappa shape index (κ2) is 6.80. The number of hydrogen-bond donors (Lipinski definition) is 2. The van der Waals surface area contributed by atoms with Crippen molar-refractivity contribution < 1.29 is 4.79 Å². The van der Waals surface area contributed by atoms with Crippen molar-refractivity contribution in [2.45, 2.75) is 26.2 Å². The van der Waals surface area contributed by atoms with Crippen molar-refractivity contribution in [3.8, 4) is 0 Å². The monoisotopic (exact) mass is 301 g/mol. The van der Waals surface area contributed by atoms with Gasteiger partial charge in [-0.25, -0.2) is 0 Å². The Morgan fingerprint density at radius 3 is 2.68 bits per heavy atom. The number of piperidine rings is 1. The van der Waals surface area contributed by atoms with Gasteiger partial charge in [0.1, 0.15) is 0 Å². The number of anilines is 1. The zero-order chi connectivity index (χ0) is 15.4. The summed E-state index contributed by atoms with van der Waals surface area (Å²) >= 11 is 0. The maximum atomic E-state index is 12.3. The molecule has 2 saturated heterocycles. The molecule has 1 atom stereocenters. The molecule has 2 aliphatic rings. The zero-order valence-corrected chi connectivity index (χ0v) is 13.5. The molecule has 1 aromatic rings. The predicted molar refractivity (Wildman–Crippen MR) is 89.8 cm³/mol. The SMILES string of the molecule is CC1(CN2CCC(C(=O)Nc3ccccc3)CC2)CCNC1. The fourth-order valence-electron chi connectivity index (χ4n) is 3.66. The Morgan fingerprint density at radius 1 is 1.32 bits per heavy atom. The van der Waals surface area contributed by atoms with Crippen LogP contribution in [-0.2, 0) is 4.79 Å². The van der Waals surface area contributed by atoms with Crippen LogP contribution in [0.5, 0.6) is 0 Å². The van der Waals surface area contributed by atoms with Crippen LogP contribution < -0.4 is 10.6 Å². The molecule has 2 fully saturated rings. The van der Waals surface area contributed by atoms with Gasteiger partial charge in [-0.3, -0.25) is 4.79 Å². The Bertz CT molecular complexity index is 488. The summed E-state index contributed by atoms with van der Waals surface area (Å²) in [6.45, 7) is 7.90. The van der Waals surface area contributed by atoms with Crippen molar-refractivity contribution in [3.63, 3.8) is 0 Å². The van der Waals surface area contributed by atoms with Crippen LogP contribution in [-0.4, -0.2) is 43.5 Å². The summed E-state index contributed by atoms with van der Waals surface area (Å²) in [7, 11) is 0. The van der Waals surface area contributed by atoms with Crippen molar-refractivity contribution >= 4 is 11.6 Å². The van der Waals surface area contributed by atoms with Crippen LogP contribution in [0.4, 0.5) is 5.69 Å². The van der Waals surface area contributed by atoms with Gasteiger partial charge in [-0.1, -0.05) is 25.1 Å². The lowest BCUT2D eigenvalue weighted by Crippen LogP contribution is -2.43. The van der Waals surface area contributed by atoms with Crippen LogP contribution in [0.25, 0.3) is 0 Å². The van der Waals surface area contributed by atoms with Gasteiger partial charge in [0.2, 0.25) is 5.91 Å². The Morgan fingerprint density at radius 2 is 2.05 bits per heavy atom. The molecule has 0 aromatic heterocycles. The normalized spacial score (nSPS) is 27.0. The van der Waals surface area contributed by atoms with Crippen LogP contribution in [0.15, 0.2) is 30.3 Å². The summed E-state index contributed by atoms with van der Waals surface area (Å²) in [5.74, 6) is 0.338. The highest BCUT2D eigenvalue weighted by Crippen LogP contribution is 2.28. The molecule has 0 bridgehead atoms. The molecule has 0 radical (unpaired) electrons. The number of hydrogen-bond acceptors (Lipinski definition) is 3. The average Bonchev–Trinajstić information content (AvgIpc) is 2.95. The number of likely N-dealkylation sites (tertiary alicyclic amines) is 1. The minimum absolute atomic E-state index is 0.158. The molecule has 1 unspecified atom stereocenters. The molecule has 22 heavy (non-hydrogen) atoms. The van der Waals surface area contributed by atoms with Gasteiger partial charge in [0, 0.05) is 24.7 Å². The Labute approximate surface area is 133 Å². The van der Waals surface area contributed by atoms with Gasteiger partial charge in [-0.15, -0.1) is 0 Å². The number of benzene rings is 1. The highest BCUT2D eigenvalue weighted by Gasteiger charge is 2.33. The number of amides is 1. The maximum Gasteiger partial charge on any atom is 0.227 e. The molecule has 4 heteroatoms. The van der Waals surface area contributed by atoms with Crippen LogP contribution in [0.1, 0.15) is 26.2 Å². The van der Waals surface area contributed by atoms with E-state index < -0.39 is 0 Å². The van der Waals surface area contributed by atoms with E-state index in [1.54, 1.807) is 0 Å². The second-order valence-electron chi connectivity index (χ2n) is 7.14. The van der Waals surface area contributed by atoms with Crippen molar-refractivity contribution in [3.05, 3.63) is 30.3 Å². The van der Waals surface area contributed by atoms with Gasteiger partial charge in [-0.05, 0) is 56.4 Å². The number of carbonyl (C=O) groups excluding carboxylic acids is 1. The van der Waals surface area contributed by atoms with Crippen molar-refractivity contribution in [2.75, 3.05) is 38.0 Å². The summed E-state index contributed by atoms with van der Waals surface area (Å²) in [5, 5.41) is 6.51. The van der Waals surface area contributed by atoms with Gasteiger partial charge >= 0.3 is 0 Å². The molecule has 4 nitrogen and oxygen atoms in total. The van der Waals surface area contributed by atoms with E-state index in [0.717, 1.165) is 51.3 Å². The van der Waals surface area contributed by atoms with Gasteiger partial charge in [-0.2, -0.15) is 0 Å². The lowest BCUT2D eigenvalue weighted by Gasteiger charge is -2.36. The van der Waals surface area contributed by atoms with E-state index in [1.807, 2.05) is 30.3 Å². The van der Waals surface area contributed by atoms with E-state index in [-0.39, 0.29) is 11.8 Å². The molecule has 120 valence electrons. The number of para-hydroxylation sites is 1. The first-order valence-electron chi connectivity index (χ1n) is 8.44. The average molecular weight is 301 g/mol. The molecule has 2 N–H and O–H groups in total. The quantitative estimate of drug-likeness (QED) is 0.897. The summed E-state index contributed by atoms with van der Waals surface area (Å²) in [6.07, 6.45) is 3.21. The predicted octanol–water partition coefficient (Wildman–Crippen LogP) is 2.34. The number of rotatable bonds is 4. The third kappa shape index (κ3) is 3.87. The molecule has 1 amide bonds. The summed E-state index contributed by atoms with van der Waals surface area (Å²) in [6, 6.07) is 9.76. The van der Waals surface area contributed by atoms with Crippen molar-refractivity contribution in [2.24, 2.45) is 11.3 Å². The topological polar surface area (TPSA) is 44.4 Å². The lowest BCUT2D eigenvalue weighted by atomic mass is 9.87. The molecule has 0 aliphatic carbocycles. The number of nitrogens with one attached hydrogen (secondary N) is 2. The first kappa shape index (κ1) is 15.5. The first-order valence-corrected chi connectivity index (χ1v) is 8.44. The third-order valence-electron chi connectivity index (χ3n) is 5.06. The Kier molecular flexibility index (Phi) is 4.79. The first-order chi connectivity index (χ1) is 10.6. The van der Waals surface area contributed by atoms with E-state index in [2.05, 4.69) is 22.5 Å². The molecule has 2 aliphatic heterocycles. The highest BCUT2D eigenvalue weighted by molar-refractivity contribution is 5.92. The van der Waals surface area contributed by atoms with E-state index in [0.29, 0.717) is 5.41 Å². The zero-order valence-electron chi connectivity index (χ0n) is 13.5. The molecule has 0 saturated carbocycles. The molecular weight excluding hydrogens is 274 g/mol. The van der Waals surface area contributed by atoms with Crippen molar-refractivity contribution in [1.82, 2.24) is 10.2 Å².